The summed E-state index contributed by atoms with van der Waals surface area (Å²) in [6.07, 6.45) is -2.10. The Hall–Kier alpha value is -3.12. The number of aromatic nitrogens is 5. The summed E-state index contributed by atoms with van der Waals surface area (Å²) in [6.45, 7) is -0.512. The van der Waals surface area contributed by atoms with Gasteiger partial charge in [-0.25, -0.2) is 9.48 Å². The number of aliphatic hydroxyl groups is 3. The van der Waals surface area contributed by atoms with E-state index in [1.54, 1.807) is 6.20 Å². The first-order valence-electron chi connectivity index (χ1n) is 8.49. The van der Waals surface area contributed by atoms with E-state index in [-0.39, 0.29) is 11.5 Å². The summed E-state index contributed by atoms with van der Waals surface area (Å²) in [6, 6.07) is 9.36. The van der Waals surface area contributed by atoms with E-state index in [0.717, 1.165) is 10.1 Å². The van der Waals surface area contributed by atoms with Crippen LogP contribution in [0.5, 0.6) is 0 Å². The Morgan fingerprint density at radius 2 is 1.89 bits per heavy atom. The van der Waals surface area contributed by atoms with Crippen LogP contribution in [0.2, 0.25) is 0 Å². The molecule has 3 heterocycles. The Kier molecular flexibility index (Phi) is 4.65. The molecule has 0 aliphatic carbocycles. The van der Waals surface area contributed by atoms with Crippen LogP contribution in [0.15, 0.2) is 47.5 Å². The van der Waals surface area contributed by atoms with Gasteiger partial charge in [-0.05, 0) is 0 Å². The number of aliphatic hydroxyl groups excluding tert-OH is 3. The lowest BCUT2D eigenvalue weighted by Gasteiger charge is -2.18. The van der Waals surface area contributed by atoms with Gasteiger partial charge in [0.1, 0.15) is 29.7 Å². The number of ether oxygens (including phenoxy) is 1. The van der Waals surface area contributed by atoms with Crippen molar-refractivity contribution in [3.63, 3.8) is 0 Å². The SMILES string of the molecule is Nc1nc(=O)n([C@@H]2O[C@H](CO)C(O)[C@@H]2O)cc1-n1cc(-c2ccccc2)nn1. The van der Waals surface area contributed by atoms with Crippen LogP contribution in [0.4, 0.5) is 5.82 Å². The van der Waals surface area contributed by atoms with Gasteiger partial charge in [0.15, 0.2) is 12.0 Å². The fourth-order valence-electron chi connectivity index (χ4n) is 3.06. The molecule has 0 bridgehead atoms. The summed E-state index contributed by atoms with van der Waals surface area (Å²) in [5.41, 5.74) is 6.78. The van der Waals surface area contributed by atoms with Gasteiger partial charge in [0.25, 0.3) is 0 Å². The highest BCUT2D eigenvalue weighted by Gasteiger charge is 2.44. The van der Waals surface area contributed by atoms with Gasteiger partial charge in [-0.2, -0.15) is 4.98 Å². The summed E-state index contributed by atoms with van der Waals surface area (Å²) >= 11 is 0. The molecule has 1 saturated heterocycles. The van der Waals surface area contributed by atoms with E-state index in [4.69, 9.17) is 10.5 Å². The Bertz CT molecular complexity index is 1040. The number of nitrogen functional groups attached to an aromatic ring is 1. The molecule has 3 aromatic rings. The third-order valence-electron chi connectivity index (χ3n) is 4.56. The van der Waals surface area contributed by atoms with Gasteiger partial charge in [0, 0.05) is 11.8 Å². The summed E-state index contributed by atoms with van der Waals surface area (Å²) in [4.78, 5) is 16.0. The van der Waals surface area contributed by atoms with Crippen molar-refractivity contribution in [1.29, 1.82) is 0 Å². The Labute approximate surface area is 158 Å². The molecule has 0 radical (unpaired) electrons. The number of rotatable bonds is 4. The van der Waals surface area contributed by atoms with E-state index >= 15 is 0 Å². The number of hydrogen-bond acceptors (Lipinski definition) is 9. The predicted molar refractivity (Wildman–Crippen MR) is 96.3 cm³/mol. The highest BCUT2D eigenvalue weighted by Crippen LogP contribution is 2.29. The zero-order chi connectivity index (χ0) is 19.8. The molecule has 11 heteroatoms. The van der Waals surface area contributed by atoms with E-state index < -0.39 is 36.8 Å². The first kappa shape index (κ1) is 18.3. The Morgan fingerprint density at radius 3 is 2.57 bits per heavy atom. The van der Waals surface area contributed by atoms with Gasteiger partial charge in [-0.3, -0.25) is 4.57 Å². The van der Waals surface area contributed by atoms with Crippen molar-refractivity contribution in [2.75, 3.05) is 12.3 Å². The first-order valence-corrected chi connectivity index (χ1v) is 8.49. The van der Waals surface area contributed by atoms with E-state index in [1.165, 1.54) is 10.9 Å². The molecule has 4 rings (SSSR count). The van der Waals surface area contributed by atoms with Crippen LogP contribution in [0.1, 0.15) is 6.23 Å². The molecule has 146 valence electrons. The second-order valence-electron chi connectivity index (χ2n) is 6.34. The third-order valence-corrected chi connectivity index (χ3v) is 4.56. The molecule has 11 nitrogen and oxygen atoms in total. The number of benzene rings is 1. The van der Waals surface area contributed by atoms with Crippen molar-refractivity contribution in [3.05, 3.63) is 53.2 Å². The van der Waals surface area contributed by atoms with Crippen LogP contribution >= 0.6 is 0 Å². The van der Waals surface area contributed by atoms with E-state index in [1.807, 2.05) is 30.3 Å². The second-order valence-corrected chi connectivity index (χ2v) is 6.34. The molecule has 0 amide bonds. The van der Waals surface area contributed by atoms with Crippen LogP contribution in [0.25, 0.3) is 16.9 Å². The summed E-state index contributed by atoms with van der Waals surface area (Å²) in [5, 5.41) is 37.5. The van der Waals surface area contributed by atoms with Crippen LogP contribution in [0.3, 0.4) is 0 Å². The average Bonchev–Trinajstić information content (AvgIpc) is 3.29. The number of anilines is 1. The van der Waals surface area contributed by atoms with Gasteiger partial charge < -0.3 is 25.8 Å². The van der Waals surface area contributed by atoms with Crippen molar-refractivity contribution in [2.45, 2.75) is 24.5 Å². The fourth-order valence-corrected chi connectivity index (χ4v) is 3.06. The lowest BCUT2D eigenvalue weighted by atomic mass is 10.1. The molecular weight excluding hydrogens is 368 g/mol. The van der Waals surface area contributed by atoms with E-state index in [0.29, 0.717) is 5.69 Å². The van der Waals surface area contributed by atoms with Crippen LogP contribution in [-0.4, -0.2) is 64.8 Å². The lowest BCUT2D eigenvalue weighted by Crippen LogP contribution is -2.36. The Balaban J connectivity index is 1.73. The van der Waals surface area contributed by atoms with E-state index in [9.17, 15) is 20.1 Å². The average molecular weight is 386 g/mol. The normalized spacial score (nSPS) is 24.5. The molecule has 4 atom stereocenters. The highest BCUT2D eigenvalue weighted by atomic mass is 16.6. The molecule has 28 heavy (non-hydrogen) atoms. The van der Waals surface area contributed by atoms with Crippen LogP contribution in [0, 0.1) is 0 Å². The maximum absolute atomic E-state index is 12.3. The standard InChI is InChI=1S/C17H18N6O5/c18-15-11(23-6-10(20-21-23)9-4-2-1-3-5-9)7-22(17(27)19-15)16-14(26)13(25)12(8-24)28-16/h1-7,12-14,16,24-26H,8H2,(H2,18,19,27)/t12-,13?,14+,16-/m1/s1. The van der Waals surface area contributed by atoms with Crippen molar-refractivity contribution >= 4 is 5.82 Å². The quantitative estimate of drug-likeness (QED) is 0.426. The Morgan fingerprint density at radius 1 is 1.14 bits per heavy atom. The molecule has 1 fully saturated rings. The van der Waals surface area contributed by atoms with Crippen molar-refractivity contribution in [2.24, 2.45) is 0 Å². The van der Waals surface area contributed by atoms with Gasteiger partial charge in [0.2, 0.25) is 0 Å². The molecule has 1 aliphatic heterocycles. The minimum atomic E-state index is -1.43. The topological polar surface area (TPSA) is 162 Å². The predicted octanol–water partition coefficient (Wildman–Crippen LogP) is -1.32. The molecule has 0 saturated carbocycles. The first-order chi connectivity index (χ1) is 13.5. The molecular formula is C17H18N6O5. The molecule has 2 aromatic heterocycles. The number of nitrogens with zero attached hydrogens (tertiary/aromatic N) is 5. The number of nitrogens with two attached hydrogens (primary N) is 1. The summed E-state index contributed by atoms with van der Waals surface area (Å²) in [7, 11) is 0. The summed E-state index contributed by atoms with van der Waals surface area (Å²) < 4.78 is 7.74. The highest BCUT2D eigenvalue weighted by molar-refractivity contribution is 5.59. The monoisotopic (exact) mass is 386 g/mol. The van der Waals surface area contributed by atoms with Gasteiger partial charge in [-0.1, -0.05) is 35.5 Å². The van der Waals surface area contributed by atoms with Gasteiger partial charge in [0.05, 0.1) is 12.8 Å². The smallest absolute Gasteiger partial charge is 0.351 e. The number of hydrogen-bond donors (Lipinski definition) is 4. The molecule has 0 spiro atoms. The fraction of sp³-hybridized carbons (Fsp3) is 0.294. The third kappa shape index (κ3) is 3.05. The van der Waals surface area contributed by atoms with Gasteiger partial charge >= 0.3 is 5.69 Å². The van der Waals surface area contributed by atoms with Crippen LogP contribution in [-0.2, 0) is 4.74 Å². The van der Waals surface area contributed by atoms with E-state index in [2.05, 4.69) is 15.3 Å². The zero-order valence-electron chi connectivity index (χ0n) is 14.5. The van der Waals surface area contributed by atoms with Crippen molar-refractivity contribution < 1.29 is 20.1 Å². The molecule has 1 aromatic carbocycles. The minimum absolute atomic E-state index is 0.0856. The second kappa shape index (κ2) is 7.13. The van der Waals surface area contributed by atoms with Crippen molar-refractivity contribution in [1.82, 2.24) is 24.5 Å². The summed E-state index contributed by atoms with van der Waals surface area (Å²) in [5.74, 6) is -0.0856. The van der Waals surface area contributed by atoms with Gasteiger partial charge in [-0.15, -0.1) is 5.10 Å². The largest absolute Gasteiger partial charge is 0.394 e. The maximum atomic E-state index is 12.3. The minimum Gasteiger partial charge on any atom is -0.394 e. The lowest BCUT2D eigenvalue weighted by molar-refractivity contribution is -0.0549. The molecule has 1 unspecified atom stereocenters. The molecule has 1 aliphatic rings. The maximum Gasteiger partial charge on any atom is 0.351 e. The van der Waals surface area contributed by atoms with Crippen molar-refractivity contribution in [3.8, 4) is 16.9 Å². The van der Waals surface area contributed by atoms with Crippen LogP contribution < -0.4 is 11.4 Å². The molecule has 5 N–H and O–H groups in total. The zero-order valence-corrected chi connectivity index (χ0v) is 14.5.